The maximum absolute atomic E-state index is 12.5. The van der Waals surface area contributed by atoms with E-state index in [0.29, 0.717) is 6.07 Å². The van der Waals surface area contributed by atoms with Crippen LogP contribution in [0.3, 0.4) is 0 Å². The van der Waals surface area contributed by atoms with Crippen LogP contribution in [0.4, 0.5) is 8.78 Å². The molecule has 0 aliphatic carbocycles. The van der Waals surface area contributed by atoms with Crippen LogP contribution in [0.5, 0.6) is 0 Å². The van der Waals surface area contributed by atoms with Crippen molar-refractivity contribution in [1.82, 2.24) is 0 Å². The molecule has 0 atom stereocenters. The van der Waals surface area contributed by atoms with E-state index in [1.165, 1.54) is 0 Å². The lowest BCUT2D eigenvalue weighted by Crippen LogP contribution is -1.85. The molecule has 0 unspecified atom stereocenters. The van der Waals surface area contributed by atoms with E-state index in [1.807, 2.05) is 0 Å². The summed E-state index contributed by atoms with van der Waals surface area (Å²) in [4.78, 5) is 0. The summed E-state index contributed by atoms with van der Waals surface area (Å²) in [6, 6.07) is 3.07. The fraction of sp³-hybridized carbons (Fsp3) is 0. The minimum Gasteiger partial charge on any atom is -0.207 e. The molecule has 0 N–H and O–H groups in total. The van der Waals surface area contributed by atoms with Crippen LogP contribution < -0.4 is 0 Å². The summed E-state index contributed by atoms with van der Waals surface area (Å²) in [5.41, 5.74) is -0.191. The Balaban J connectivity index is 3.39. The van der Waals surface area contributed by atoms with Gasteiger partial charge in [0, 0.05) is 6.07 Å². The van der Waals surface area contributed by atoms with Crippen molar-refractivity contribution in [3.05, 3.63) is 34.4 Å². The molecule has 0 bridgehead atoms. The fourth-order valence-corrected chi connectivity index (χ4v) is 0.789. The van der Waals surface area contributed by atoms with Gasteiger partial charge >= 0.3 is 0 Å². The molecule has 1 aromatic rings. The topological polar surface area (TPSA) is 23.8 Å². The molecular weight excluding hydrogens is 172 g/mol. The molecule has 4 heteroatoms. The molecule has 1 nitrogen and oxygen atoms in total. The van der Waals surface area contributed by atoms with Crippen LogP contribution in [-0.2, 0) is 0 Å². The lowest BCUT2D eigenvalue weighted by molar-refractivity contribution is 0.583. The lowest BCUT2D eigenvalue weighted by atomic mass is 10.2. The SMILES string of the molecule is N#Cc1cc(F)cc(F)c1Cl. The van der Waals surface area contributed by atoms with E-state index < -0.39 is 11.6 Å². The Hall–Kier alpha value is -1.14. The Kier molecular flexibility index (Phi) is 2.06. The first-order valence-electron chi connectivity index (χ1n) is 2.70. The molecule has 0 radical (unpaired) electrons. The average molecular weight is 174 g/mol. The smallest absolute Gasteiger partial charge is 0.146 e. The fourth-order valence-electron chi connectivity index (χ4n) is 0.637. The zero-order chi connectivity index (χ0) is 8.43. The second-order valence-electron chi connectivity index (χ2n) is 1.86. The van der Waals surface area contributed by atoms with E-state index in [1.54, 1.807) is 6.07 Å². The molecule has 11 heavy (non-hydrogen) atoms. The third kappa shape index (κ3) is 1.47. The highest BCUT2D eigenvalue weighted by molar-refractivity contribution is 6.31. The van der Waals surface area contributed by atoms with Crippen molar-refractivity contribution in [2.75, 3.05) is 0 Å². The van der Waals surface area contributed by atoms with Crippen LogP contribution in [-0.4, -0.2) is 0 Å². The molecule has 0 aliphatic rings. The van der Waals surface area contributed by atoms with Gasteiger partial charge in [-0.05, 0) is 6.07 Å². The third-order valence-electron chi connectivity index (χ3n) is 1.11. The van der Waals surface area contributed by atoms with Crippen molar-refractivity contribution in [2.24, 2.45) is 0 Å². The normalized spacial score (nSPS) is 9.27. The van der Waals surface area contributed by atoms with Gasteiger partial charge in [0.05, 0.1) is 10.6 Å². The molecule has 0 amide bonds. The van der Waals surface area contributed by atoms with Crippen molar-refractivity contribution in [3.63, 3.8) is 0 Å². The molecule has 1 aromatic carbocycles. The summed E-state index contributed by atoms with van der Waals surface area (Å²) in [7, 11) is 0. The second kappa shape index (κ2) is 2.85. The van der Waals surface area contributed by atoms with Gasteiger partial charge in [-0.25, -0.2) is 8.78 Å². The molecule has 1 rings (SSSR count). The molecular formula is C7H2ClF2N. The van der Waals surface area contributed by atoms with E-state index in [2.05, 4.69) is 0 Å². The number of halogens is 3. The van der Waals surface area contributed by atoms with Crippen molar-refractivity contribution in [1.29, 1.82) is 5.26 Å². The van der Waals surface area contributed by atoms with Gasteiger partial charge in [-0.1, -0.05) is 11.6 Å². The molecule has 56 valence electrons. The Bertz CT molecular complexity index is 330. The Morgan fingerprint density at radius 3 is 2.55 bits per heavy atom. The van der Waals surface area contributed by atoms with Gasteiger partial charge in [0.2, 0.25) is 0 Å². The Labute approximate surface area is 66.8 Å². The Morgan fingerprint density at radius 1 is 1.36 bits per heavy atom. The molecule has 0 saturated heterocycles. The summed E-state index contributed by atoms with van der Waals surface area (Å²) in [5, 5.41) is 7.96. The van der Waals surface area contributed by atoms with Crippen LogP contribution in [0.1, 0.15) is 5.56 Å². The number of nitriles is 1. The zero-order valence-corrected chi connectivity index (χ0v) is 5.99. The van der Waals surface area contributed by atoms with Crippen LogP contribution in [0.2, 0.25) is 5.02 Å². The monoisotopic (exact) mass is 173 g/mol. The van der Waals surface area contributed by atoms with Gasteiger partial charge in [0.15, 0.2) is 0 Å². The van der Waals surface area contributed by atoms with Crippen LogP contribution in [0.25, 0.3) is 0 Å². The number of hydrogen-bond acceptors (Lipinski definition) is 1. The molecule has 0 aromatic heterocycles. The minimum absolute atomic E-state index is 0.191. The van der Waals surface area contributed by atoms with Gasteiger partial charge in [-0.2, -0.15) is 5.26 Å². The van der Waals surface area contributed by atoms with E-state index in [-0.39, 0.29) is 10.6 Å². The molecule has 0 saturated carbocycles. The van der Waals surface area contributed by atoms with E-state index >= 15 is 0 Å². The lowest BCUT2D eigenvalue weighted by Gasteiger charge is -1.95. The van der Waals surface area contributed by atoms with Crippen molar-refractivity contribution in [2.45, 2.75) is 0 Å². The van der Waals surface area contributed by atoms with Gasteiger partial charge in [-0.3, -0.25) is 0 Å². The van der Waals surface area contributed by atoms with Gasteiger partial charge in [0.1, 0.15) is 17.7 Å². The maximum atomic E-state index is 12.5. The number of rotatable bonds is 0. The first-order valence-corrected chi connectivity index (χ1v) is 3.07. The first-order chi connectivity index (χ1) is 5.15. The van der Waals surface area contributed by atoms with Crippen molar-refractivity contribution in [3.8, 4) is 6.07 Å². The average Bonchev–Trinajstić information content (AvgIpc) is 1.96. The van der Waals surface area contributed by atoms with E-state index in [9.17, 15) is 8.78 Å². The standard InChI is InChI=1S/C7H2ClF2N/c8-7-4(3-11)1-5(9)2-6(7)10/h1-2H. The maximum Gasteiger partial charge on any atom is 0.146 e. The van der Waals surface area contributed by atoms with Crippen LogP contribution >= 0.6 is 11.6 Å². The summed E-state index contributed by atoms with van der Waals surface area (Å²) in [6.45, 7) is 0. The van der Waals surface area contributed by atoms with Gasteiger partial charge in [0.25, 0.3) is 0 Å². The number of nitrogens with zero attached hydrogens (tertiary/aromatic N) is 1. The predicted octanol–water partition coefficient (Wildman–Crippen LogP) is 2.49. The predicted molar refractivity (Wildman–Crippen MR) is 36.1 cm³/mol. The number of benzene rings is 1. The Morgan fingerprint density at radius 2 is 2.00 bits per heavy atom. The quantitative estimate of drug-likeness (QED) is 0.553. The molecule has 0 fully saturated rings. The first kappa shape index (κ1) is 7.96. The highest BCUT2D eigenvalue weighted by Gasteiger charge is 2.07. The van der Waals surface area contributed by atoms with Gasteiger partial charge in [-0.15, -0.1) is 0 Å². The summed E-state index contributed by atoms with van der Waals surface area (Å²) < 4.78 is 24.8. The summed E-state index contributed by atoms with van der Waals surface area (Å²) >= 11 is 5.30. The van der Waals surface area contributed by atoms with E-state index in [0.717, 1.165) is 6.07 Å². The van der Waals surface area contributed by atoms with Crippen molar-refractivity contribution >= 4 is 11.6 Å². The summed E-state index contributed by atoms with van der Waals surface area (Å²) in [5.74, 6) is -1.72. The van der Waals surface area contributed by atoms with E-state index in [4.69, 9.17) is 16.9 Å². The van der Waals surface area contributed by atoms with Crippen LogP contribution in [0, 0.1) is 23.0 Å². The minimum atomic E-state index is -0.914. The third-order valence-corrected chi connectivity index (χ3v) is 1.50. The molecule has 0 spiro atoms. The summed E-state index contributed by atoms with van der Waals surface area (Å²) in [6.07, 6.45) is 0. The molecule has 0 heterocycles. The highest BCUT2D eigenvalue weighted by atomic mass is 35.5. The number of hydrogen-bond donors (Lipinski definition) is 0. The van der Waals surface area contributed by atoms with Crippen LogP contribution in [0.15, 0.2) is 12.1 Å². The largest absolute Gasteiger partial charge is 0.207 e. The van der Waals surface area contributed by atoms with Gasteiger partial charge < -0.3 is 0 Å². The molecule has 0 aliphatic heterocycles. The van der Waals surface area contributed by atoms with Crippen molar-refractivity contribution < 1.29 is 8.78 Å². The highest BCUT2D eigenvalue weighted by Crippen LogP contribution is 2.20. The second-order valence-corrected chi connectivity index (χ2v) is 2.24. The zero-order valence-electron chi connectivity index (χ0n) is 5.24.